The van der Waals surface area contributed by atoms with Crippen LogP contribution in [0.4, 0.5) is 5.69 Å². The van der Waals surface area contributed by atoms with E-state index in [0.717, 1.165) is 16.7 Å². The van der Waals surface area contributed by atoms with E-state index in [1.165, 1.54) is 6.08 Å². The van der Waals surface area contributed by atoms with Gasteiger partial charge in [-0.05, 0) is 43.2 Å². The van der Waals surface area contributed by atoms with Crippen molar-refractivity contribution in [3.8, 4) is 0 Å². The van der Waals surface area contributed by atoms with E-state index in [9.17, 15) is 19.2 Å². The quantitative estimate of drug-likeness (QED) is 0.244. The molecule has 1 aliphatic heterocycles. The normalized spacial score (nSPS) is 15.5. The number of hydrogen-bond donors (Lipinski definition) is 1. The van der Waals surface area contributed by atoms with Crippen LogP contribution in [0.15, 0.2) is 78.9 Å². The maximum Gasteiger partial charge on any atom is 0.339 e. The molecule has 3 aromatic rings. The minimum atomic E-state index is -1.52. The van der Waals surface area contributed by atoms with Gasteiger partial charge in [0, 0.05) is 11.3 Å². The van der Waals surface area contributed by atoms with E-state index in [0.29, 0.717) is 11.3 Å². The number of fused-ring (bicyclic) bond motifs is 1. The van der Waals surface area contributed by atoms with Crippen LogP contribution in [0.1, 0.15) is 38.7 Å². The molecule has 170 valence electrons. The van der Waals surface area contributed by atoms with Crippen LogP contribution in [0.2, 0.25) is 0 Å². The molecule has 1 heterocycles. The predicted molar refractivity (Wildman–Crippen MR) is 128 cm³/mol. The Balaban J connectivity index is 1.66. The van der Waals surface area contributed by atoms with Crippen molar-refractivity contribution >= 4 is 35.2 Å². The molecule has 4 rings (SSSR count). The summed E-state index contributed by atoms with van der Waals surface area (Å²) in [4.78, 5) is 51.9. The topological polar surface area (TPSA) is 89.5 Å². The minimum absolute atomic E-state index is 0.278. The number of allylic oxidation sites excluding steroid dienone is 1. The molecule has 0 saturated carbocycles. The maximum atomic E-state index is 13.3. The van der Waals surface area contributed by atoms with Gasteiger partial charge in [-0.2, -0.15) is 0 Å². The number of esters is 1. The number of amides is 1. The Kier molecular flexibility index (Phi) is 6.50. The lowest BCUT2D eigenvalue weighted by Gasteiger charge is -2.20. The number of ether oxygens (including phenoxy) is 1. The average Bonchev–Trinajstić information content (AvgIpc) is 3.16. The molecule has 0 fully saturated rings. The van der Waals surface area contributed by atoms with Crippen molar-refractivity contribution in [1.29, 1.82) is 0 Å². The lowest BCUT2D eigenvalue weighted by atomic mass is 9.86. The molecule has 1 aliphatic rings. The number of carbonyl (C=O) groups is 4. The van der Waals surface area contributed by atoms with E-state index >= 15 is 0 Å². The second-order valence-corrected chi connectivity index (χ2v) is 8.17. The zero-order chi connectivity index (χ0) is 24.2. The molecule has 0 aromatic heterocycles. The lowest BCUT2D eigenvalue weighted by molar-refractivity contribution is -0.143. The molecule has 0 radical (unpaired) electrons. The molecule has 0 aliphatic carbocycles. The minimum Gasteiger partial charge on any atom is -0.453 e. The van der Waals surface area contributed by atoms with Gasteiger partial charge in [-0.15, -0.1) is 0 Å². The highest BCUT2D eigenvalue weighted by Gasteiger charge is 2.45. The largest absolute Gasteiger partial charge is 0.453 e. The summed E-state index contributed by atoms with van der Waals surface area (Å²) >= 11 is 0. The highest BCUT2D eigenvalue weighted by atomic mass is 16.5. The average molecular weight is 453 g/mol. The Bertz CT molecular complexity index is 1310. The third-order valence-electron chi connectivity index (χ3n) is 5.71. The van der Waals surface area contributed by atoms with Crippen LogP contribution in [0.5, 0.6) is 0 Å². The van der Waals surface area contributed by atoms with Crippen molar-refractivity contribution in [2.45, 2.75) is 20.0 Å². The summed E-state index contributed by atoms with van der Waals surface area (Å²) in [6.07, 6.45) is 1.62. The highest BCUT2D eigenvalue weighted by molar-refractivity contribution is 6.45. The van der Waals surface area contributed by atoms with Gasteiger partial charge in [-0.1, -0.05) is 72.3 Å². The molecule has 0 spiro atoms. The zero-order valence-electron chi connectivity index (χ0n) is 18.8. The van der Waals surface area contributed by atoms with Crippen LogP contribution in [0.3, 0.4) is 0 Å². The van der Waals surface area contributed by atoms with Crippen LogP contribution in [-0.4, -0.2) is 23.4 Å². The smallest absolute Gasteiger partial charge is 0.339 e. The molecule has 34 heavy (non-hydrogen) atoms. The summed E-state index contributed by atoms with van der Waals surface area (Å²) in [5.74, 6) is -4.69. The van der Waals surface area contributed by atoms with Crippen LogP contribution in [0.25, 0.3) is 6.08 Å². The number of carbonyl (C=O) groups excluding carboxylic acids is 4. The van der Waals surface area contributed by atoms with Crippen molar-refractivity contribution < 1.29 is 23.9 Å². The third-order valence-corrected chi connectivity index (χ3v) is 5.71. The van der Waals surface area contributed by atoms with E-state index in [2.05, 4.69) is 5.32 Å². The van der Waals surface area contributed by atoms with Gasteiger partial charge in [0.05, 0.1) is 5.56 Å². The Labute approximate surface area is 197 Å². The van der Waals surface area contributed by atoms with Gasteiger partial charge in [-0.3, -0.25) is 14.4 Å². The van der Waals surface area contributed by atoms with Crippen molar-refractivity contribution in [3.05, 3.63) is 107 Å². The van der Waals surface area contributed by atoms with Crippen LogP contribution < -0.4 is 5.32 Å². The van der Waals surface area contributed by atoms with Gasteiger partial charge in [0.2, 0.25) is 5.78 Å². The molecule has 6 nitrogen and oxygen atoms in total. The van der Waals surface area contributed by atoms with Gasteiger partial charge in [0.25, 0.3) is 5.91 Å². The molecule has 2 atom stereocenters. The number of ketones is 2. The Morgan fingerprint density at radius 1 is 0.941 bits per heavy atom. The molecular weight excluding hydrogens is 430 g/mol. The summed E-state index contributed by atoms with van der Waals surface area (Å²) in [6, 6.07) is 21.0. The number of benzene rings is 3. The maximum absolute atomic E-state index is 13.3. The molecule has 1 amide bonds. The summed E-state index contributed by atoms with van der Waals surface area (Å²) in [6.45, 7) is 3.73. The van der Waals surface area contributed by atoms with Gasteiger partial charge in [0.1, 0.15) is 12.0 Å². The standard InChI is InChI=1S/C28H23NO5/c1-17-12-14-22(18(2)16-17)29-27(32)25(31)24(23(30)15-13-19-8-4-3-5-9-19)26-20-10-6-7-11-21(20)28(33)34-26/h3-16,24,26H,1-2H3,(H,29,32)/b15-13+/t24-,26+/m1/s1. The molecule has 3 aromatic carbocycles. The fourth-order valence-electron chi connectivity index (χ4n) is 3.96. The summed E-state index contributed by atoms with van der Waals surface area (Å²) in [7, 11) is 0. The second kappa shape index (κ2) is 9.67. The lowest BCUT2D eigenvalue weighted by Crippen LogP contribution is -2.37. The van der Waals surface area contributed by atoms with Crippen LogP contribution >= 0.6 is 0 Å². The molecule has 0 bridgehead atoms. The number of anilines is 1. The van der Waals surface area contributed by atoms with Crippen molar-refractivity contribution in [1.82, 2.24) is 0 Å². The number of Topliss-reactive ketones (excluding diaryl/α,β-unsaturated/α-hetero) is 1. The van der Waals surface area contributed by atoms with Gasteiger partial charge in [0.15, 0.2) is 5.78 Å². The molecule has 0 saturated heterocycles. The molecule has 1 N–H and O–H groups in total. The van der Waals surface area contributed by atoms with Crippen LogP contribution in [0, 0.1) is 19.8 Å². The first kappa shape index (κ1) is 22.9. The van der Waals surface area contributed by atoms with E-state index < -0.39 is 35.5 Å². The van der Waals surface area contributed by atoms with Gasteiger partial charge in [-0.25, -0.2) is 4.79 Å². The van der Waals surface area contributed by atoms with Crippen molar-refractivity contribution in [3.63, 3.8) is 0 Å². The SMILES string of the molecule is Cc1ccc(NC(=O)C(=O)[C@@H](C(=O)/C=C/c2ccccc2)[C@H]2OC(=O)c3ccccc32)c(C)c1. The van der Waals surface area contributed by atoms with Gasteiger partial charge >= 0.3 is 5.97 Å². The molecular formula is C28H23NO5. The van der Waals surface area contributed by atoms with Crippen molar-refractivity contribution in [2.24, 2.45) is 5.92 Å². The fraction of sp³-hybridized carbons (Fsp3) is 0.143. The predicted octanol–water partition coefficient (Wildman–Crippen LogP) is 4.62. The Morgan fingerprint density at radius 2 is 1.65 bits per heavy atom. The second-order valence-electron chi connectivity index (χ2n) is 8.17. The van der Waals surface area contributed by atoms with Crippen molar-refractivity contribution in [2.75, 3.05) is 5.32 Å². The van der Waals surface area contributed by atoms with Gasteiger partial charge < -0.3 is 10.1 Å². The summed E-state index contributed by atoms with van der Waals surface area (Å²) in [5.41, 5.74) is 3.71. The Morgan fingerprint density at radius 3 is 2.38 bits per heavy atom. The number of nitrogens with one attached hydrogen (secondary N) is 1. The van der Waals surface area contributed by atoms with E-state index in [-0.39, 0.29) is 5.56 Å². The highest BCUT2D eigenvalue weighted by Crippen LogP contribution is 2.37. The first-order valence-corrected chi connectivity index (χ1v) is 10.8. The zero-order valence-corrected chi connectivity index (χ0v) is 18.8. The van der Waals surface area contributed by atoms with E-state index in [1.807, 2.05) is 44.2 Å². The van der Waals surface area contributed by atoms with E-state index in [1.54, 1.807) is 48.5 Å². The number of aryl methyl sites for hydroxylation is 2. The Hall–Kier alpha value is -4.32. The molecule has 0 unspecified atom stereocenters. The first-order valence-electron chi connectivity index (χ1n) is 10.8. The monoisotopic (exact) mass is 453 g/mol. The molecule has 6 heteroatoms. The first-order chi connectivity index (χ1) is 16.3. The number of rotatable bonds is 7. The van der Waals surface area contributed by atoms with Crippen LogP contribution in [-0.2, 0) is 19.1 Å². The number of cyclic esters (lactones) is 1. The number of hydrogen-bond acceptors (Lipinski definition) is 5. The summed E-state index contributed by atoms with van der Waals surface area (Å²) < 4.78 is 5.43. The third kappa shape index (κ3) is 4.71. The fourth-order valence-corrected chi connectivity index (χ4v) is 3.96. The van der Waals surface area contributed by atoms with E-state index in [4.69, 9.17) is 4.74 Å². The summed E-state index contributed by atoms with van der Waals surface area (Å²) in [5, 5.41) is 2.60.